The molecule has 2 saturated heterocycles. The maximum Gasteiger partial charge on any atom is 0.222 e. The second-order valence-electron chi connectivity index (χ2n) is 11.6. The molecule has 0 spiro atoms. The van der Waals surface area contributed by atoms with Crippen molar-refractivity contribution in [1.82, 2.24) is 4.90 Å². The van der Waals surface area contributed by atoms with E-state index < -0.39 is 6.10 Å². The summed E-state index contributed by atoms with van der Waals surface area (Å²) in [4.78, 5) is 15.2. The fraction of sp³-hybridized carbons (Fsp3) is 0.750. The van der Waals surface area contributed by atoms with Crippen LogP contribution in [0.25, 0.3) is 0 Å². The molecule has 0 bridgehead atoms. The van der Waals surface area contributed by atoms with Gasteiger partial charge in [0.15, 0.2) is 6.29 Å². The SMILES string of the molecule is C[C@@]12CO[C@@H](Cc3ccccc3)O[C@H]1CC[C@]1(C)[C@H]2CC[C@@H](O)[C@H]1CC(=O)N1CCCCC1. The Hall–Kier alpha value is -1.43. The van der Waals surface area contributed by atoms with Crippen molar-refractivity contribution >= 4 is 5.91 Å². The van der Waals surface area contributed by atoms with E-state index in [1.165, 1.54) is 12.0 Å². The maximum absolute atomic E-state index is 13.2. The van der Waals surface area contributed by atoms with Crippen LogP contribution in [0.5, 0.6) is 0 Å². The Labute approximate surface area is 198 Å². The molecule has 7 atom stereocenters. The third-order valence-electron chi connectivity index (χ3n) is 9.58. The number of fused-ring (bicyclic) bond motifs is 3. The van der Waals surface area contributed by atoms with Gasteiger partial charge in [-0.2, -0.15) is 0 Å². The van der Waals surface area contributed by atoms with Gasteiger partial charge in [-0.3, -0.25) is 4.79 Å². The number of nitrogens with zero attached hydrogens (tertiary/aromatic N) is 1. The van der Waals surface area contributed by atoms with Gasteiger partial charge in [0.25, 0.3) is 0 Å². The number of rotatable bonds is 4. The molecule has 5 heteroatoms. The maximum atomic E-state index is 13.2. The number of amides is 1. The first-order valence-electron chi connectivity index (χ1n) is 13.2. The highest BCUT2D eigenvalue weighted by Gasteiger charge is 2.61. The van der Waals surface area contributed by atoms with Gasteiger partial charge in [-0.25, -0.2) is 0 Å². The molecule has 4 aliphatic rings. The topological polar surface area (TPSA) is 59.0 Å². The van der Waals surface area contributed by atoms with Crippen LogP contribution in [-0.4, -0.2) is 54.1 Å². The number of hydrogen-bond donors (Lipinski definition) is 1. The van der Waals surface area contributed by atoms with Crippen molar-refractivity contribution < 1.29 is 19.4 Å². The summed E-state index contributed by atoms with van der Waals surface area (Å²) in [6.07, 6.45) is 8.01. The zero-order valence-corrected chi connectivity index (χ0v) is 20.4. The van der Waals surface area contributed by atoms with Crippen molar-refractivity contribution in [3.05, 3.63) is 35.9 Å². The van der Waals surface area contributed by atoms with Gasteiger partial charge < -0.3 is 19.5 Å². The first kappa shape index (κ1) is 23.3. The fourth-order valence-corrected chi connectivity index (χ4v) is 7.66. The lowest BCUT2D eigenvalue weighted by atomic mass is 9.46. The molecule has 0 radical (unpaired) electrons. The van der Waals surface area contributed by atoms with Crippen LogP contribution in [0.4, 0.5) is 0 Å². The number of carbonyl (C=O) groups excluding carboxylic acids is 1. The van der Waals surface area contributed by atoms with Crippen molar-refractivity contribution in [2.24, 2.45) is 22.7 Å². The van der Waals surface area contributed by atoms with Crippen LogP contribution in [0.15, 0.2) is 30.3 Å². The third kappa shape index (κ3) is 4.37. The molecular weight excluding hydrogens is 414 g/mol. The third-order valence-corrected chi connectivity index (χ3v) is 9.58. The Balaban J connectivity index is 1.30. The van der Waals surface area contributed by atoms with Crippen LogP contribution in [0, 0.1) is 22.7 Å². The molecule has 182 valence electrons. The molecule has 2 aliphatic carbocycles. The van der Waals surface area contributed by atoms with Gasteiger partial charge in [0.1, 0.15) is 0 Å². The summed E-state index contributed by atoms with van der Waals surface area (Å²) in [6.45, 7) is 7.13. The molecule has 1 aromatic rings. The smallest absolute Gasteiger partial charge is 0.222 e. The van der Waals surface area contributed by atoms with Crippen molar-refractivity contribution in [3.63, 3.8) is 0 Å². The molecular formula is C28H41NO4. The summed E-state index contributed by atoms with van der Waals surface area (Å²) in [5.41, 5.74) is 1.10. The van der Waals surface area contributed by atoms with E-state index in [1.54, 1.807) is 0 Å². The molecule has 4 fully saturated rings. The molecule has 2 heterocycles. The number of aliphatic hydroxyl groups excluding tert-OH is 1. The van der Waals surface area contributed by atoms with E-state index in [4.69, 9.17) is 9.47 Å². The van der Waals surface area contributed by atoms with Gasteiger partial charge in [0.2, 0.25) is 5.91 Å². The minimum absolute atomic E-state index is 0.0190. The van der Waals surface area contributed by atoms with E-state index in [-0.39, 0.29) is 35.0 Å². The fourth-order valence-electron chi connectivity index (χ4n) is 7.66. The number of carbonyl (C=O) groups is 1. The first-order valence-corrected chi connectivity index (χ1v) is 13.2. The molecule has 1 amide bonds. The molecule has 2 aliphatic heterocycles. The van der Waals surface area contributed by atoms with E-state index in [1.807, 2.05) is 11.0 Å². The standard InChI is InChI=1S/C28H41NO4/c1-27-14-13-24-28(2,19-32-26(33-24)17-20-9-5-3-6-10-20)23(27)12-11-22(30)21(27)18-25(31)29-15-7-4-8-16-29/h3,5-6,9-10,21-24,26,30H,4,7-8,11-19H2,1-2H3/t21-,22-,23-,24+,26-,27+,28+/m1/s1. The zero-order chi connectivity index (χ0) is 23.1. The number of likely N-dealkylation sites (tertiary alicyclic amines) is 1. The Morgan fingerprint density at radius 1 is 1.06 bits per heavy atom. The molecule has 33 heavy (non-hydrogen) atoms. The number of hydrogen-bond acceptors (Lipinski definition) is 4. The normalized spacial score (nSPS) is 41.2. The molecule has 5 rings (SSSR count). The molecule has 1 N–H and O–H groups in total. The summed E-state index contributed by atoms with van der Waals surface area (Å²) in [6, 6.07) is 10.4. The molecule has 0 unspecified atom stereocenters. The van der Waals surface area contributed by atoms with Crippen molar-refractivity contribution in [1.29, 1.82) is 0 Å². The largest absolute Gasteiger partial charge is 0.393 e. The van der Waals surface area contributed by atoms with Gasteiger partial charge in [-0.05, 0) is 67.8 Å². The number of ether oxygens (including phenoxy) is 2. The lowest BCUT2D eigenvalue weighted by molar-refractivity contribution is -0.308. The van der Waals surface area contributed by atoms with Crippen molar-refractivity contribution in [2.75, 3.05) is 19.7 Å². The summed E-state index contributed by atoms with van der Waals surface area (Å²) in [5, 5.41) is 11.1. The Morgan fingerprint density at radius 2 is 1.82 bits per heavy atom. The quantitative estimate of drug-likeness (QED) is 0.723. The summed E-state index contributed by atoms with van der Waals surface area (Å²) >= 11 is 0. The van der Waals surface area contributed by atoms with Gasteiger partial charge in [0, 0.05) is 31.3 Å². The van der Waals surface area contributed by atoms with E-state index in [2.05, 4.69) is 38.1 Å². The van der Waals surface area contributed by atoms with Gasteiger partial charge in [-0.1, -0.05) is 44.2 Å². The van der Waals surface area contributed by atoms with Crippen LogP contribution in [0.3, 0.4) is 0 Å². The Bertz CT molecular complexity index is 824. The number of benzene rings is 1. The van der Waals surface area contributed by atoms with Gasteiger partial charge >= 0.3 is 0 Å². The molecule has 2 saturated carbocycles. The van der Waals surface area contributed by atoms with Gasteiger partial charge in [-0.15, -0.1) is 0 Å². The average molecular weight is 456 g/mol. The van der Waals surface area contributed by atoms with E-state index in [9.17, 15) is 9.90 Å². The highest BCUT2D eigenvalue weighted by molar-refractivity contribution is 5.76. The van der Waals surface area contributed by atoms with Crippen LogP contribution in [0.1, 0.15) is 70.8 Å². The number of piperidine rings is 1. The van der Waals surface area contributed by atoms with Crippen LogP contribution in [-0.2, 0) is 20.7 Å². The molecule has 5 nitrogen and oxygen atoms in total. The highest BCUT2D eigenvalue weighted by Crippen LogP contribution is 2.62. The summed E-state index contributed by atoms with van der Waals surface area (Å²) in [5.74, 6) is 0.654. The van der Waals surface area contributed by atoms with E-state index >= 15 is 0 Å². The van der Waals surface area contributed by atoms with E-state index in [0.717, 1.165) is 58.0 Å². The van der Waals surface area contributed by atoms with Crippen molar-refractivity contribution in [2.45, 2.75) is 90.1 Å². The lowest BCUT2D eigenvalue weighted by Gasteiger charge is -2.63. The Kier molecular flexibility index (Phi) is 6.58. The van der Waals surface area contributed by atoms with Crippen molar-refractivity contribution in [3.8, 4) is 0 Å². The highest BCUT2D eigenvalue weighted by atomic mass is 16.7. The second-order valence-corrected chi connectivity index (χ2v) is 11.6. The second kappa shape index (κ2) is 9.31. The summed E-state index contributed by atoms with van der Waals surface area (Å²) in [7, 11) is 0. The minimum Gasteiger partial charge on any atom is -0.393 e. The van der Waals surface area contributed by atoms with Crippen LogP contribution >= 0.6 is 0 Å². The number of aliphatic hydroxyl groups is 1. The Morgan fingerprint density at radius 3 is 2.58 bits per heavy atom. The first-order chi connectivity index (χ1) is 15.9. The van der Waals surface area contributed by atoms with Crippen LogP contribution < -0.4 is 0 Å². The predicted molar refractivity (Wildman–Crippen MR) is 127 cm³/mol. The average Bonchev–Trinajstić information content (AvgIpc) is 2.83. The molecule has 1 aromatic carbocycles. The monoisotopic (exact) mass is 455 g/mol. The van der Waals surface area contributed by atoms with Gasteiger partial charge in [0.05, 0.1) is 18.8 Å². The van der Waals surface area contributed by atoms with E-state index in [0.29, 0.717) is 18.9 Å². The molecule has 0 aromatic heterocycles. The minimum atomic E-state index is -0.392. The lowest BCUT2D eigenvalue weighted by Crippen LogP contribution is -2.63. The predicted octanol–water partition coefficient (Wildman–Crippen LogP) is 4.57. The zero-order valence-electron chi connectivity index (χ0n) is 20.4. The summed E-state index contributed by atoms with van der Waals surface area (Å²) < 4.78 is 12.9. The van der Waals surface area contributed by atoms with Crippen LogP contribution in [0.2, 0.25) is 0 Å².